The Balaban J connectivity index is 0.00000450. The van der Waals surface area contributed by atoms with Crippen molar-refractivity contribution in [1.82, 2.24) is 0 Å². The first-order valence-corrected chi connectivity index (χ1v) is 20.1. The van der Waals surface area contributed by atoms with E-state index in [2.05, 4.69) is 23.8 Å². The number of aliphatic hydroxyl groups excluding tert-OH is 1. The van der Waals surface area contributed by atoms with E-state index in [4.69, 9.17) is 20.9 Å². The molecule has 0 amide bonds. The van der Waals surface area contributed by atoms with E-state index in [1.165, 1.54) is 0 Å². The SMILES string of the molecule is C[C@@H]1CCc2cc3ccc2[C@H]1C[C@@H](S(=O)(=O)[O-])[C@H]1C=C2C[C@H](C[C@H]4C[C@@H](CO)CC#Cc5cc(O)ccc5[C@@H]2O4)[C@@H]1c1ccc(cc1)[C@@H](N=C(N)N)O3.[Na+]. The molecule has 10 bridgehead atoms. The molecular formula is C42H46N3NaO7S. The fraction of sp³-hybridized carbons (Fsp3) is 0.452. The number of hydrogen-bond acceptors (Lipinski definition) is 8. The minimum absolute atomic E-state index is 0. The van der Waals surface area contributed by atoms with Gasteiger partial charge in [-0.15, -0.1) is 0 Å². The van der Waals surface area contributed by atoms with E-state index in [0.29, 0.717) is 37.0 Å². The van der Waals surface area contributed by atoms with Crippen LogP contribution in [-0.2, 0) is 21.3 Å². The molecule has 0 radical (unpaired) electrons. The number of nitrogens with two attached hydrogens (primary N) is 2. The summed E-state index contributed by atoms with van der Waals surface area (Å²) in [4.78, 5) is 4.42. The van der Waals surface area contributed by atoms with Crippen molar-refractivity contribution in [3.05, 3.63) is 106 Å². The molecule has 1 saturated heterocycles. The molecule has 12 heteroatoms. The minimum Gasteiger partial charge on any atom is -0.748 e. The molecular weight excluding hydrogens is 714 g/mol. The molecule has 1 fully saturated rings. The first-order valence-electron chi connectivity index (χ1n) is 18.7. The topological polar surface area (TPSA) is 181 Å². The number of aromatic hydroxyl groups is 1. The second-order valence-electron chi connectivity index (χ2n) is 15.7. The molecule has 2 aliphatic carbocycles. The molecule has 10 rings (SSSR count). The van der Waals surface area contributed by atoms with Gasteiger partial charge >= 0.3 is 29.6 Å². The minimum atomic E-state index is -4.82. The van der Waals surface area contributed by atoms with Gasteiger partial charge in [-0.1, -0.05) is 61.2 Å². The van der Waals surface area contributed by atoms with Crippen LogP contribution >= 0.6 is 0 Å². The summed E-state index contributed by atoms with van der Waals surface area (Å²) in [6, 6.07) is 18.8. The van der Waals surface area contributed by atoms with Gasteiger partial charge in [0, 0.05) is 29.7 Å². The molecule has 6 N–H and O–H groups in total. The van der Waals surface area contributed by atoms with Gasteiger partial charge in [-0.3, -0.25) is 0 Å². The number of aryl methyl sites for hydroxylation is 1. The largest absolute Gasteiger partial charge is 1.00 e. The fourth-order valence-electron chi connectivity index (χ4n) is 9.80. The zero-order valence-electron chi connectivity index (χ0n) is 30.7. The third kappa shape index (κ3) is 7.72. The number of hydrogen-bond donors (Lipinski definition) is 4. The molecule has 0 unspecified atom stereocenters. The summed E-state index contributed by atoms with van der Waals surface area (Å²) in [5.74, 6) is 5.82. The smallest absolute Gasteiger partial charge is 0.748 e. The van der Waals surface area contributed by atoms with Gasteiger partial charge in [-0.25, -0.2) is 13.4 Å². The number of aliphatic hydroxyl groups is 1. The number of rotatable bonds is 3. The van der Waals surface area contributed by atoms with Crippen LogP contribution in [0, 0.1) is 35.5 Å². The predicted octanol–water partition coefficient (Wildman–Crippen LogP) is 2.66. The summed E-state index contributed by atoms with van der Waals surface area (Å²) in [5.41, 5.74) is 17.8. The van der Waals surface area contributed by atoms with E-state index in [1.54, 1.807) is 12.1 Å². The second kappa shape index (κ2) is 15.7. The zero-order valence-corrected chi connectivity index (χ0v) is 33.5. The van der Waals surface area contributed by atoms with Crippen molar-refractivity contribution in [3.63, 3.8) is 0 Å². The number of fused-ring (bicyclic) bond motifs is 9. The van der Waals surface area contributed by atoms with Crippen molar-refractivity contribution in [2.24, 2.45) is 40.1 Å². The molecule has 3 aromatic rings. The number of aliphatic imine (C=N–C) groups is 1. The Morgan fingerprint density at radius 3 is 2.52 bits per heavy atom. The van der Waals surface area contributed by atoms with Crippen molar-refractivity contribution < 1.29 is 62.2 Å². The van der Waals surface area contributed by atoms with Crippen LogP contribution in [0.15, 0.2) is 77.3 Å². The van der Waals surface area contributed by atoms with Crippen LogP contribution in [0.2, 0.25) is 0 Å². The standard InChI is InChI=1S/C42H47N3O7S.Na/c1-23-5-6-28-18-32-12-14-34(28)36(23)21-38(53(48,49)50)37-20-30-16-29(39(37)25-7-9-26(10-8-25)41(52-32)45-42(43)44)19-33-15-24(22-46)3-2-4-27-17-31(47)11-13-35(27)40(30)51-33;/h7-14,17-18,20,23-24,29,33,36-41,46-47H,3,5-6,15-16,19,21-22H2,1H3,(H4,43,44,45)(H,48,49,50);/q;+1/p-1/t23-,24+,29-,33-,36+,37-,38-,39+,40-,41+;/m1./s1. The monoisotopic (exact) mass is 759 g/mol. The zero-order chi connectivity index (χ0) is 37.0. The summed E-state index contributed by atoms with van der Waals surface area (Å²) in [6.45, 7) is 2.09. The summed E-state index contributed by atoms with van der Waals surface area (Å²) in [6.07, 6.45) is 4.48. The second-order valence-corrected chi connectivity index (χ2v) is 17.3. The number of allylic oxidation sites excluding steroid dienone is 1. The third-order valence-corrected chi connectivity index (χ3v) is 13.6. The molecule has 0 spiro atoms. The Bertz CT molecular complexity index is 2120. The molecule has 0 saturated carbocycles. The number of benzene rings is 3. The molecule has 10 nitrogen and oxygen atoms in total. The first kappa shape index (κ1) is 38.9. The van der Waals surface area contributed by atoms with Crippen LogP contribution < -0.4 is 45.8 Å². The number of ether oxygens (including phenoxy) is 2. The van der Waals surface area contributed by atoms with Crippen LogP contribution in [0.3, 0.4) is 0 Å². The van der Waals surface area contributed by atoms with Crippen LogP contribution in [0.4, 0.5) is 0 Å². The van der Waals surface area contributed by atoms with Crippen LogP contribution in [0.25, 0.3) is 0 Å². The Hall–Kier alpha value is -3.34. The van der Waals surface area contributed by atoms with Crippen LogP contribution in [0.1, 0.15) is 103 Å². The molecule has 10 atom stereocenters. The molecule has 278 valence electrons. The average Bonchev–Trinajstić information content (AvgIpc) is 3.25. The molecule has 5 heterocycles. The Morgan fingerprint density at radius 2 is 1.78 bits per heavy atom. The van der Waals surface area contributed by atoms with Crippen molar-refractivity contribution in [3.8, 4) is 23.3 Å². The number of phenols is 1. The van der Waals surface area contributed by atoms with Crippen LogP contribution in [0.5, 0.6) is 11.5 Å². The number of guanidine groups is 1. The van der Waals surface area contributed by atoms with E-state index >= 15 is 0 Å². The average molecular weight is 760 g/mol. The number of nitrogens with zero attached hydrogens (tertiary/aromatic N) is 1. The third-order valence-electron chi connectivity index (χ3n) is 12.3. The molecule has 7 aliphatic rings. The van der Waals surface area contributed by atoms with E-state index in [-0.39, 0.29) is 90.0 Å². The van der Waals surface area contributed by atoms with E-state index in [0.717, 1.165) is 46.2 Å². The first-order chi connectivity index (χ1) is 25.4. The van der Waals surface area contributed by atoms with Crippen molar-refractivity contribution in [1.29, 1.82) is 0 Å². The van der Waals surface area contributed by atoms with Gasteiger partial charge in [0.2, 0.25) is 6.23 Å². The van der Waals surface area contributed by atoms with Gasteiger partial charge in [0.1, 0.15) is 17.6 Å². The Labute approximate surface area is 339 Å². The molecule has 0 aromatic heterocycles. The Kier molecular flexibility index (Phi) is 11.3. The van der Waals surface area contributed by atoms with Gasteiger partial charge in [-0.2, -0.15) is 0 Å². The summed E-state index contributed by atoms with van der Waals surface area (Å²) >= 11 is 0. The summed E-state index contributed by atoms with van der Waals surface area (Å²) < 4.78 is 54.7. The predicted molar refractivity (Wildman–Crippen MR) is 200 cm³/mol. The fourth-order valence-corrected chi connectivity index (χ4v) is 10.9. The van der Waals surface area contributed by atoms with Gasteiger partial charge in [0.25, 0.3) is 0 Å². The number of phenolic OH excluding ortho intramolecular Hbond substituents is 1. The maximum absolute atomic E-state index is 13.8. The van der Waals surface area contributed by atoms with Gasteiger partial charge in [0.15, 0.2) is 5.96 Å². The van der Waals surface area contributed by atoms with Crippen LogP contribution in [-0.4, -0.2) is 47.1 Å². The Morgan fingerprint density at radius 1 is 1.02 bits per heavy atom. The maximum Gasteiger partial charge on any atom is 1.00 e. The molecule has 5 aliphatic heterocycles. The van der Waals surface area contributed by atoms with Crippen molar-refractivity contribution in [2.45, 2.75) is 87.4 Å². The van der Waals surface area contributed by atoms with E-state index in [1.807, 2.05) is 54.6 Å². The van der Waals surface area contributed by atoms with E-state index < -0.39 is 33.6 Å². The van der Waals surface area contributed by atoms with Gasteiger partial charge in [-0.05, 0) is 121 Å². The quantitative estimate of drug-likeness (QED) is 0.0780. The summed E-state index contributed by atoms with van der Waals surface area (Å²) in [7, 11) is -4.82. The van der Waals surface area contributed by atoms with Gasteiger partial charge in [0.05, 0.1) is 21.5 Å². The van der Waals surface area contributed by atoms with Gasteiger partial charge < -0.3 is 35.7 Å². The maximum atomic E-state index is 13.8. The van der Waals surface area contributed by atoms with Crippen molar-refractivity contribution >= 4 is 16.1 Å². The molecule has 54 heavy (non-hydrogen) atoms. The van der Waals surface area contributed by atoms with Crippen molar-refractivity contribution in [2.75, 3.05) is 6.61 Å². The normalized spacial score (nSPS) is 31.2. The van der Waals surface area contributed by atoms with E-state index in [9.17, 15) is 23.2 Å². The molecule has 3 aromatic carbocycles. The summed E-state index contributed by atoms with van der Waals surface area (Å²) in [5, 5.41) is 19.6.